The maximum atomic E-state index is 12.9. The summed E-state index contributed by atoms with van der Waals surface area (Å²) in [7, 11) is 3.27. The molecule has 0 heterocycles. The number of nitriles is 1. The topological polar surface area (TPSA) is 62.6 Å². The number of methoxy groups -OCH3 is 2. The van der Waals surface area contributed by atoms with Crippen molar-refractivity contribution in [3.05, 3.63) is 59.2 Å². The van der Waals surface area contributed by atoms with Crippen molar-refractivity contribution in [2.45, 2.75) is 38.3 Å². The molecule has 0 aliphatic heterocycles. The Morgan fingerprint density at radius 3 is 2.48 bits per heavy atom. The van der Waals surface area contributed by atoms with Gasteiger partial charge in [0.1, 0.15) is 11.5 Å². The van der Waals surface area contributed by atoms with Gasteiger partial charge in [-0.25, -0.2) is 0 Å². The predicted molar refractivity (Wildman–Crippen MR) is 103 cm³/mol. The molecule has 0 saturated heterocycles. The number of hydrogen-bond donors (Lipinski definition) is 0. The van der Waals surface area contributed by atoms with Crippen molar-refractivity contribution < 1.29 is 14.3 Å². The number of carbonyl (C=O) groups excluding carboxylic acids is 1. The maximum absolute atomic E-state index is 12.9. The molecule has 2 aromatic rings. The molecule has 0 aromatic heterocycles. The second-order valence-electron chi connectivity index (χ2n) is 6.74. The van der Waals surface area contributed by atoms with E-state index in [-0.39, 0.29) is 5.91 Å². The highest BCUT2D eigenvalue weighted by molar-refractivity contribution is 5.77. The van der Waals surface area contributed by atoms with Crippen molar-refractivity contribution in [1.82, 2.24) is 4.90 Å². The van der Waals surface area contributed by atoms with E-state index in [1.807, 2.05) is 35.2 Å². The largest absolute Gasteiger partial charge is 0.497 e. The first-order valence-corrected chi connectivity index (χ1v) is 9.14. The summed E-state index contributed by atoms with van der Waals surface area (Å²) < 4.78 is 10.8. The molecule has 2 aromatic carbocycles. The number of carbonyl (C=O) groups is 1. The van der Waals surface area contributed by atoms with Gasteiger partial charge in [-0.3, -0.25) is 4.79 Å². The van der Waals surface area contributed by atoms with Crippen molar-refractivity contribution in [3.8, 4) is 17.6 Å². The van der Waals surface area contributed by atoms with E-state index in [1.54, 1.807) is 26.4 Å². The van der Waals surface area contributed by atoms with Gasteiger partial charge in [0.2, 0.25) is 5.91 Å². The molecular formula is C22H24N2O3. The Morgan fingerprint density at radius 1 is 1.15 bits per heavy atom. The van der Waals surface area contributed by atoms with Crippen LogP contribution in [0, 0.1) is 11.3 Å². The summed E-state index contributed by atoms with van der Waals surface area (Å²) in [6, 6.07) is 15.5. The van der Waals surface area contributed by atoms with Gasteiger partial charge < -0.3 is 14.4 Å². The Bertz CT molecular complexity index is 836. The van der Waals surface area contributed by atoms with E-state index in [2.05, 4.69) is 6.07 Å². The number of ether oxygens (including phenoxy) is 2. The van der Waals surface area contributed by atoms with Crippen LogP contribution in [0.4, 0.5) is 0 Å². The Hall–Kier alpha value is -3.00. The third kappa shape index (κ3) is 4.79. The van der Waals surface area contributed by atoms with Gasteiger partial charge in [-0.2, -0.15) is 5.26 Å². The molecule has 1 aliphatic rings. The normalized spacial score (nSPS) is 12.9. The minimum atomic E-state index is 0.145. The minimum Gasteiger partial charge on any atom is -0.497 e. The van der Waals surface area contributed by atoms with Crippen LogP contribution in [0.1, 0.15) is 36.0 Å². The van der Waals surface area contributed by atoms with Gasteiger partial charge in [-0.05, 0) is 55.2 Å². The van der Waals surface area contributed by atoms with Gasteiger partial charge in [-0.15, -0.1) is 0 Å². The first kappa shape index (κ1) is 18.8. The monoisotopic (exact) mass is 364 g/mol. The number of hydrogen-bond acceptors (Lipinski definition) is 4. The number of aryl methyl sites for hydroxylation is 1. The number of nitrogens with zero attached hydrogens (tertiary/aromatic N) is 2. The van der Waals surface area contributed by atoms with Gasteiger partial charge in [0, 0.05) is 24.6 Å². The van der Waals surface area contributed by atoms with Gasteiger partial charge in [0.15, 0.2) is 0 Å². The van der Waals surface area contributed by atoms with Crippen LogP contribution in [0.5, 0.6) is 11.5 Å². The lowest BCUT2D eigenvalue weighted by atomic mass is 10.1. The predicted octanol–water partition coefficient (Wildman–Crippen LogP) is 3.70. The van der Waals surface area contributed by atoms with Crippen LogP contribution < -0.4 is 9.47 Å². The summed E-state index contributed by atoms with van der Waals surface area (Å²) in [4.78, 5) is 14.8. The summed E-state index contributed by atoms with van der Waals surface area (Å²) in [6.45, 7) is 0.525. The van der Waals surface area contributed by atoms with Crippen LogP contribution in [0.15, 0.2) is 42.5 Å². The molecule has 140 valence electrons. The summed E-state index contributed by atoms with van der Waals surface area (Å²) in [5.74, 6) is 1.67. The zero-order valence-corrected chi connectivity index (χ0v) is 15.8. The van der Waals surface area contributed by atoms with E-state index in [0.717, 1.165) is 35.5 Å². The van der Waals surface area contributed by atoms with E-state index in [4.69, 9.17) is 14.7 Å². The highest BCUT2D eigenvalue weighted by Gasteiger charge is 2.32. The third-order valence-corrected chi connectivity index (χ3v) is 4.85. The first-order valence-electron chi connectivity index (χ1n) is 9.14. The second kappa shape index (κ2) is 8.59. The van der Waals surface area contributed by atoms with Crippen LogP contribution in [0.3, 0.4) is 0 Å². The lowest BCUT2D eigenvalue weighted by Gasteiger charge is -2.24. The molecule has 3 rings (SSSR count). The number of amides is 1. The SMILES string of the molecule is COc1ccc(OC)c(CN(C(=O)CCc2ccc(C#N)cc2)C2CC2)c1. The van der Waals surface area contributed by atoms with Crippen molar-refractivity contribution in [2.75, 3.05) is 14.2 Å². The number of benzene rings is 2. The van der Waals surface area contributed by atoms with Crippen molar-refractivity contribution in [1.29, 1.82) is 5.26 Å². The molecule has 0 bridgehead atoms. The van der Waals surface area contributed by atoms with E-state index < -0.39 is 0 Å². The van der Waals surface area contributed by atoms with E-state index in [9.17, 15) is 4.79 Å². The summed E-state index contributed by atoms with van der Waals surface area (Å²) in [5.41, 5.74) is 2.65. The van der Waals surface area contributed by atoms with Crippen LogP contribution in [-0.2, 0) is 17.8 Å². The van der Waals surface area contributed by atoms with Crippen molar-refractivity contribution in [2.24, 2.45) is 0 Å². The fraction of sp³-hybridized carbons (Fsp3) is 0.364. The molecule has 1 fully saturated rings. The third-order valence-electron chi connectivity index (χ3n) is 4.85. The van der Waals surface area contributed by atoms with E-state index in [0.29, 0.717) is 31.0 Å². The molecule has 0 atom stereocenters. The molecular weight excluding hydrogens is 340 g/mol. The zero-order chi connectivity index (χ0) is 19.2. The van der Waals surface area contributed by atoms with Gasteiger partial charge >= 0.3 is 0 Å². The highest BCUT2D eigenvalue weighted by atomic mass is 16.5. The van der Waals surface area contributed by atoms with Gasteiger partial charge in [0.05, 0.1) is 25.9 Å². The average Bonchev–Trinajstić information content (AvgIpc) is 3.55. The molecule has 1 amide bonds. The Balaban J connectivity index is 1.68. The van der Waals surface area contributed by atoms with E-state index in [1.165, 1.54) is 0 Å². The molecule has 5 nitrogen and oxygen atoms in total. The molecule has 1 saturated carbocycles. The molecule has 27 heavy (non-hydrogen) atoms. The first-order chi connectivity index (χ1) is 13.1. The standard InChI is InChI=1S/C22H24N2O3/c1-26-20-10-11-21(27-2)18(13-20)15-24(19-8-9-19)22(25)12-7-16-3-5-17(14-23)6-4-16/h3-6,10-11,13,19H,7-9,12,15H2,1-2H3. The molecule has 0 radical (unpaired) electrons. The Labute approximate surface area is 160 Å². The fourth-order valence-corrected chi connectivity index (χ4v) is 3.14. The zero-order valence-electron chi connectivity index (χ0n) is 15.8. The quantitative estimate of drug-likeness (QED) is 0.716. The highest BCUT2D eigenvalue weighted by Crippen LogP contribution is 2.32. The second-order valence-corrected chi connectivity index (χ2v) is 6.74. The molecule has 1 aliphatic carbocycles. The molecule has 5 heteroatoms. The Morgan fingerprint density at radius 2 is 1.89 bits per heavy atom. The molecule has 0 spiro atoms. The summed E-state index contributed by atoms with van der Waals surface area (Å²) in [6.07, 6.45) is 3.22. The van der Waals surface area contributed by atoms with Crippen LogP contribution in [0.25, 0.3) is 0 Å². The van der Waals surface area contributed by atoms with Crippen molar-refractivity contribution in [3.63, 3.8) is 0 Å². The minimum absolute atomic E-state index is 0.145. The van der Waals surface area contributed by atoms with Crippen LogP contribution in [-0.4, -0.2) is 31.1 Å². The summed E-state index contributed by atoms with van der Waals surface area (Å²) >= 11 is 0. The van der Waals surface area contributed by atoms with Crippen LogP contribution >= 0.6 is 0 Å². The summed E-state index contributed by atoms with van der Waals surface area (Å²) in [5, 5.41) is 8.88. The average molecular weight is 364 g/mol. The molecule has 0 unspecified atom stereocenters. The van der Waals surface area contributed by atoms with Crippen LogP contribution in [0.2, 0.25) is 0 Å². The maximum Gasteiger partial charge on any atom is 0.223 e. The van der Waals surface area contributed by atoms with E-state index >= 15 is 0 Å². The lowest BCUT2D eigenvalue weighted by Crippen LogP contribution is -2.32. The Kier molecular flexibility index (Phi) is 5.97. The lowest BCUT2D eigenvalue weighted by molar-refractivity contribution is -0.132. The fourth-order valence-electron chi connectivity index (χ4n) is 3.14. The van der Waals surface area contributed by atoms with Crippen molar-refractivity contribution >= 4 is 5.91 Å². The molecule has 0 N–H and O–H groups in total. The smallest absolute Gasteiger partial charge is 0.223 e. The van der Waals surface area contributed by atoms with Gasteiger partial charge in [0.25, 0.3) is 0 Å². The van der Waals surface area contributed by atoms with Gasteiger partial charge in [-0.1, -0.05) is 12.1 Å². The number of rotatable bonds is 8.